The van der Waals surface area contributed by atoms with Gasteiger partial charge in [0.05, 0.1) is 10.7 Å². The Morgan fingerprint density at radius 3 is 2.88 bits per heavy atom. The number of amides is 1. The zero-order chi connectivity index (χ0) is 11.7. The molecule has 16 heavy (non-hydrogen) atoms. The standard InChI is InChI=1S/C12H13BrClNO/c1-8-3-2-4-10(14)12(8)15-7-9(6-13)5-11(15)16/h2-4,9H,5-7H2,1H3. The molecule has 0 radical (unpaired) electrons. The van der Waals surface area contributed by atoms with Gasteiger partial charge in [-0.15, -0.1) is 0 Å². The average Bonchev–Trinajstić information content (AvgIpc) is 2.60. The minimum absolute atomic E-state index is 0.167. The predicted octanol–water partition coefficient (Wildman–Crippen LogP) is 3.40. The van der Waals surface area contributed by atoms with Crippen LogP contribution in [0.2, 0.25) is 5.02 Å². The van der Waals surface area contributed by atoms with Crippen molar-refractivity contribution in [2.24, 2.45) is 5.92 Å². The molecule has 1 aliphatic heterocycles. The molecular formula is C12H13BrClNO. The number of anilines is 1. The van der Waals surface area contributed by atoms with Crippen LogP contribution in [0.5, 0.6) is 0 Å². The van der Waals surface area contributed by atoms with Crippen LogP contribution in [-0.4, -0.2) is 17.8 Å². The van der Waals surface area contributed by atoms with Crippen LogP contribution in [0.4, 0.5) is 5.69 Å². The molecule has 1 saturated heterocycles. The topological polar surface area (TPSA) is 20.3 Å². The van der Waals surface area contributed by atoms with Gasteiger partial charge in [0.1, 0.15) is 0 Å². The summed E-state index contributed by atoms with van der Waals surface area (Å²) in [5.74, 6) is 0.559. The van der Waals surface area contributed by atoms with Crippen molar-refractivity contribution in [3.63, 3.8) is 0 Å². The second-order valence-electron chi connectivity index (χ2n) is 4.13. The first-order valence-electron chi connectivity index (χ1n) is 5.25. The van der Waals surface area contributed by atoms with Crippen molar-refractivity contribution in [1.82, 2.24) is 0 Å². The van der Waals surface area contributed by atoms with E-state index in [1.165, 1.54) is 0 Å². The number of carbonyl (C=O) groups excluding carboxylic acids is 1. The summed E-state index contributed by atoms with van der Waals surface area (Å²) in [5, 5.41) is 1.52. The van der Waals surface area contributed by atoms with Gasteiger partial charge in [0.2, 0.25) is 5.91 Å². The van der Waals surface area contributed by atoms with E-state index in [4.69, 9.17) is 11.6 Å². The Hall–Kier alpha value is -0.540. The van der Waals surface area contributed by atoms with Crippen LogP contribution in [-0.2, 0) is 4.79 Å². The van der Waals surface area contributed by atoms with Crippen LogP contribution in [0, 0.1) is 12.8 Å². The lowest BCUT2D eigenvalue weighted by Crippen LogP contribution is -2.25. The van der Waals surface area contributed by atoms with Gasteiger partial charge in [-0.05, 0) is 24.5 Å². The highest BCUT2D eigenvalue weighted by Crippen LogP contribution is 2.34. The number of benzene rings is 1. The van der Waals surface area contributed by atoms with Crippen molar-refractivity contribution >= 4 is 39.1 Å². The third-order valence-electron chi connectivity index (χ3n) is 2.88. The highest BCUT2D eigenvalue weighted by molar-refractivity contribution is 9.09. The van der Waals surface area contributed by atoms with E-state index in [0.717, 1.165) is 23.1 Å². The number of hydrogen-bond donors (Lipinski definition) is 0. The Labute approximate surface area is 109 Å². The maximum atomic E-state index is 11.9. The molecule has 1 fully saturated rings. The second-order valence-corrected chi connectivity index (χ2v) is 5.19. The third kappa shape index (κ3) is 2.11. The Morgan fingerprint density at radius 2 is 2.31 bits per heavy atom. The summed E-state index contributed by atoms with van der Waals surface area (Å²) in [5.41, 5.74) is 1.92. The molecule has 2 rings (SSSR count). The molecule has 86 valence electrons. The van der Waals surface area contributed by atoms with Gasteiger partial charge in [-0.1, -0.05) is 39.7 Å². The normalized spacial score (nSPS) is 20.6. The van der Waals surface area contributed by atoms with Gasteiger partial charge in [-0.25, -0.2) is 0 Å². The third-order valence-corrected chi connectivity index (χ3v) is 4.10. The van der Waals surface area contributed by atoms with E-state index < -0.39 is 0 Å². The van der Waals surface area contributed by atoms with Gasteiger partial charge in [-0.3, -0.25) is 4.79 Å². The Kier molecular flexibility index (Phi) is 3.55. The molecular weight excluding hydrogens is 289 g/mol. The quantitative estimate of drug-likeness (QED) is 0.767. The molecule has 1 aliphatic rings. The summed E-state index contributed by atoms with van der Waals surface area (Å²) >= 11 is 9.59. The summed E-state index contributed by atoms with van der Waals surface area (Å²) in [6.07, 6.45) is 0.607. The van der Waals surface area contributed by atoms with Crippen LogP contribution >= 0.6 is 27.5 Å². The highest BCUT2D eigenvalue weighted by Gasteiger charge is 2.31. The summed E-state index contributed by atoms with van der Waals surface area (Å²) in [6.45, 7) is 2.74. The molecule has 0 saturated carbocycles. The lowest BCUT2D eigenvalue weighted by atomic mass is 10.1. The first kappa shape index (κ1) is 11.9. The van der Waals surface area contributed by atoms with Crippen LogP contribution in [0.1, 0.15) is 12.0 Å². The molecule has 1 aromatic carbocycles. The van der Waals surface area contributed by atoms with Gasteiger partial charge in [-0.2, -0.15) is 0 Å². The van der Waals surface area contributed by atoms with Crippen molar-refractivity contribution in [1.29, 1.82) is 0 Å². The highest BCUT2D eigenvalue weighted by atomic mass is 79.9. The summed E-state index contributed by atoms with van der Waals surface area (Å²) < 4.78 is 0. The smallest absolute Gasteiger partial charge is 0.227 e. The van der Waals surface area contributed by atoms with Crippen molar-refractivity contribution in [2.75, 3.05) is 16.8 Å². The van der Waals surface area contributed by atoms with Crippen molar-refractivity contribution in [3.05, 3.63) is 28.8 Å². The van der Waals surface area contributed by atoms with Gasteiger partial charge in [0.15, 0.2) is 0 Å². The number of carbonyl (C=O) groups is 1. The molecule has 1 heterocycles. The lowest BCUT2D eigenvalue weighted by molar-refractivity contribution is -0.117. The van der Waals surface area contributed by atoms with E-state index in [1.54, 1.807) is 0 Å². The summed E-state index contributed by atoms with van der Waals surface area (Å²) in [7, 11) is 0. The Morgan fingerprint density at radius 1 is 1.56 bits per heavy atom. The van der Waals surface area contributed by atoms with E-state index in [1.807, 2.05) is 30.0 Å². The fourth-order valence-corrected chi connectivity index (χ4v) is 2.82. The molecule has 1 unspecified atom stereocenters. The molecule has 1 amide bonds. The zero-order valence-electron chi connectivity index (χ0n) is 9.04. The van der Waals surface area contributed by atoms with Gasteiger partial charge >= 0.3 is 0 Å². The van der Waals surface area contributed by atoms with Crippen molar-refractivity contribution in [2.45, 2.75) is 13.3 Å². The van der Waals surface area contributed by atoms with Crippen molar-refractivity contribution < 1.29 is 4.79 Å². The van der Waals surface area contributed by atoms with Crippen molar-refractivity contribution in [3.8, 4) is 0 Å². The van der Waals surface area contributed by atoms with Gasteiger partial charge in [0.25, 0.3) is 0 Å². The van der Waals surface area contributed by atoms with E-state index >= 15 is 0 Å². The number of rotatable bonds is 2. The van der Waals surface area contributed by atoms with Crippen LogP contribution in [0.3, 0.4) is 0 Å². The fraction of sp³-hybridized carbons (Fsp3) is 0.417. The summed E-state index contributed by atoms with van der Waals surface area (Å²) in [6, 6.07) is 5.72. The van der Waals surface area contributed by atoms with E-state index in [0.29, 0.717) is 17.4 Å². The molecule has 1 aromatic rings. The first-order valence-corrected chi connectivity index (χ1v) is 6.75. The minimum Gasteiger partial charge on any atom is -0.310 e. The number of aryl methyl sites for hydroxylation is 1. The van der Waals surface area contributed by atoms with Crippen LogP contribution in [0.15, 0.2) is 18.2 Å². The fourth-order valence-electron chi connectivity index (χ4n) is 2.07. The zero-order valence-corrected chi connectivity index (χ0v) is 11.4. The Balaban J connectivity index is 2.35. The number of halogens is 2. The van der Waals surface area contributed by atoms with Gasteiger partial charge in [0, 0.05) is 18.3 Å². The molecule has 4 heteroatoms. The number of nitrogens with zero attached hydrogens (tertiary/aromatic N) is 1. The van der Waals surface area contributed by atoms with E-state index in [2.05, 4.69) is 15.9 Å². The molecule has 0 aromatic heterocycles. The number of hydrogen-bond acceptors (Lipinski definition) is 1. The molecule has 1 atom stereocenters. The monoisotopic (exact) mass is 301 g/mol. The minimum atomic E-state index is 0.167. The second kappa shape index (κ2) is 4.76. The lowest BCUT2D eigenvalue weighted by Gasteiger charge is -2.20. The molecule has 0 bridgehead atoms. The van der Waals surface area contributed by atoms with E-state index in [9.17, 15) is 4.79 Å². The molecule has 0 N–H and O–H groups in total. The number of para-hydroxylation sites is 1. The molecule has 0 aliphatic carbocycles. The first-order chi connectivity index (χ1) is 7.63. The maximum absolute atomic E-state index is 11.9. The summed E-state index contributed by atoms with van der Waals surface area (Å²) in [4.78, 5) is 13.7. The number of alkyl halides is 1. The van der Waals surface area contributed by atoms with Crippen LogP contribution < -0.4 is 4.90 Å². The molecule has 0 spiro atoms. The van der Waals surface area contributed by atoms with E-state index in [-0.39, 0.29) is 5.91 Å². The maximum Gasteiger partial charge on any atom is 0.227 e. The van der Waals surface area contributed by atoms with Crippen LogP contribution in [0.25, 0.3) is 0 Å². The average molecular weight is 303 g/mol. The Bertz CT molecular complexity index is 401. The van der Waals surface area contributed by atoms with Gasteiger partial charge < -0.3 is 4.90 Å². The SMILES string of the molecule is Cc1cccc(Cl)c1N1CC(CBr)CC1=O. The largest absolute Gasteiger partial charge is 0.310 e. The molecule has 2 nitrogen and oxygen atoms in total. The predicted molar refractivity (Wildman–Crippen MR) is 70.4 cm³/mol.